The molecule has 2 rings (SSSR count). The van der Waals surface area contributed by atoms with E-state index in [1.807, 2.05) is 0 Å². The Morgan fingerprint density at radius 3 is 2.32 bits per heavy atom. The fourth-order valence-corrected chi connectivity index (χ4v) is 1.95. The topological polar surface area (TPSA) is 65.3 Å². The fraction of sp³-hybridized carbons (Fsp3) is 0.188. The largest absolute Gasteiger partial charge is 0.497 e. The van der Waals surface area contributed by atoms with Gasteiger partial charge in [0.05, 0.1) is 24.8 Å². The molecular formula is C16H14F2N2O2. The van der Waals surface area contributed by atoms with Crippen molar-refractivity contribution < 1.29 is 18.6 Å². The second-order valence-electron chi connectivity index (χ2n) is 4.60. The van der Waals surface area contributed by atoms with Crippen LogP contribution >= 0.6 is 0 Å². The van der Waals surface area contributed by atoms with Crippen LogP contribution in [0.4, 0.5) is 14.5 Å². The zero-order valence-corrected chi connectivity index (χ0v) is 11.8. The van der Waals surface area contributed by atoms with Gasteiger partial charge in [-0.1, -0.05) is 12.1 Å². The van der Waals surface area contributed by atoms with E-state index in [-0.39, 0.29) is 17.8 Å². The molecule has 0 unspecified atom stereocenters. The van der Waals surface area contributed by atoms with E-state index in [9.17, 15) is 13.9 Å². The first kappa shape index (κ1) is 15.7. The van der Waals surface area contributed by atoms with Crippen molar-refractivity contribution in [2.75, 3.05) is 19.0 Å². The lowest BCUT2D eigenvalue weighted by Crippen LogP contribution is -2.14. The van der Waals surface area contributed by atoms with E-state index >= 15 is 0 Å². The van der Waals surface area contributed by atoms with Crippen molar-refractivity contribution in [3.05, 3.63) is 59.2 Å². The lowest BCUT2D eigenvalue weighted by molar-refractivity contribution is 0.191. The second kappa shape index (κ2) is 6.87. The maximum Gasteiger partial charge on any atom is 0.150 e. The summed E-state index contributed by atoms with van der Waals surface area (Å²) in [4.78, 5) is 0. The monoisotopic (exact) mass is 304 g/mol. The number of nitriles is 1. The Hall–Kier alpha value is -2.65. The summed E-state index contributed by atoms with van der Waals surface area (Å²) >= 11 is 0. The van der Waals surface area contributed by atoms with Crippen molar-refractivity contribution in [1.82, 2.24) is 0 Å². The van der Waals surface area contributed by atoms with Gasteiger partial charge in [0, 0.05) is 6.54 Å². The molecule has 0 aliphatic carbocycles. The van der Waals surface area contributed by atoms with Gasteiger partial charge in [-0.25, -0.2) is 8.78 Å². The lowest BCUT2D eigenvalue weighted by atomic mass is 10.1. The summed E-state index contributed by atoms with van der Waals surface area (Å²) in [5.74, 6) is -1.11. The zero-order valence-electron chi connectivity index (χ0n) is 11.8. The summed E-state index contributed by atoms with van der Waals surface area (Å²) in [6.45, 7) is -0.0773. The highest BCUT2D eigenvalue weighted by Crippen LogP contribution is 2.23. The number of nitrogens with zero attached hydrogens (tertiary/aromatic N) is 1. The molecule has 0 saturated carbocycles. The van der Waals surface area contributed by atoms with Crippen LogP contribution in [-0.4, -0.2) is 18.8 Å². The number of halogens is 2. The van der Waals surface area contributed by atoms with Crippen molar-refractivity contribution in [1.29, 1.82) is 5.26 Å². The summed E-state index contributed by atoms with van der Waals surface area (Å²) in [5, 5.41) is 21.2. The molecule has 2 aromatic rings. The predicted octanol–water partition coefficient (Wildman–Crippen LogP) is 2.99. The van der Waals surface area contributed by atoms with Gasteiger partial charge in [-0.2, -0.15) is 5.26 Å². The first-order valence-electron chi connectivity index (χ1n) is 6.50. The normalized spacial score (nSPS) is 11.6. The Balaban J connectivity index is 2.07. The van der Waals surface area contributed by atoms with Crippen molar-refractivity contribution in [2.45, 2.75) is 6.10 Å². The van der Waals surface area contributed by atoms with E-state index in [1.54, 1.807) is 30.3 Å². The molecule has 0 amide bonds. The van der Waals surface area contributed by atoms with Gasteiger partial charge in [0.1, 0.15) is 11.4 Å². The number of methoxy groups -OCH3 is 1. The summed E-state index contributed by atoms with van der Waals surface area (Å²) in [6.07, 6.45) is -0.944. The van der Waals surface area contributed by atoms with Crippen LogP contribution in [0.25, 0.3) is 0 Å². The van der Waals surface area contributed by atoms with Gasteiger partial charge >= 0.3 is 0 Å². The molecule has 0 radical (unpaired) electrons. The van der Waals surface area contributed by atoms with Gasteiger partial charge in [0.15, 0.2) is 11.6 Å². The number of hydrogen-bond donors (Lipinski definition) is 2. The highest BCUT2D eigenvalue weighted by molar-refractivity contribution is 5.50. The molecule has 22 heavy (non-hydrogen) atoms. The molecule has 0 aromatic heterocycles. The Morgan fingerprint density at radius 1 is 1.23 bits per heavy atom. The number of aliphatic hydroxyl groups is 1. The Bertz CT molecular complexity index is 673. The molecule has 0 bridgehead atoms. The first-order valence-corrected chi connectivity index (χ1v) is 6.50. The molecule has 2 aromatic carbocycles. The van der Waals surface area contributed by atoms with Gasteiger partial charge in [0.2, 0.25) is 0 Å². The molecule has 2 N–H and O–H groups in total. The van der Waals surface area contributed by atoms with E-state index in [0.29, 0.717) is 11.3 Å². The molecule has 0 fully saturated rings. The van der Waals surface area contributed by atoms with Crippen LogP contribution in [0.5, 0.6) is 5.75 Å². The van der Waals surface area contributed by atoms with E-state index in [2.05, 4.69) is 5.32 Å². The summed E-state index contributed by atoms with van der Waals surface area (Å²) in [6, 6.07) is 10.2. The number of ether oxygens (including phenoxy) is 1. The summed E-state index contributed by atoms with van der Waals surface area (Å²) < 4.78 is 32.4. The quantitative estimate of drug-likeness (QED) is 0.891. The minimum absolute atomic E-state index is 0.0773. The number of rotatable bonds is 5. The van der Waals surface area contributed by atoms with Crippen LogP contribution in [0.2, 0.25) is 0 Å². The van der Waals surface area contributed by atoms with E-state index in [4.69, 9.17) is 10.00 Å². The Labute approximate surface area is 126 Å². The Kier molecular flexibility index (Phi) is 4.92. The van der Waals surface area contributed by atoms with E-state index < -0.39 is 17.7 Å². The summed E-state index contributed by atoms with van der Waals surface area (Å²) in [7, 11) is 1.53. The van der Waals surface area contributed by atoms with Crippen LogP contribution in [0, 0.1) is 23.0 Å². The number of benzene rings is 2. The van der Waals surface area contributed by atoms with E-state index in [1.165, 1.54) is 7.11 Å². The molecule has 0 spiro atoms. The molecule has 0 saturated heterocycles. The van der Waals surface area contributed by atoms with Crippen molar-refractivity contribution >= 4 is 5.69 Å². The Morgan fingerprint density at radius 2 is 1.82 bits per heavy atom. The number of hydrogen-bond acceptors (Lipinski definition) is 4. The average molecular weight is 304 g/mol. The third-order valence-corrected chi connectivity index (χ3v) is 3.14. The van der Waals surface area contributed by atoms with Crippen LogP contribution in [0.1, 0.15) is 17.2 Å². The number of aliphatic hydroxyl groups excluding tert-OH is 1. The highest BCUT2D eigenvalue weighted by atomic mass is 19.1. The maximum absolute atomic E-state index is 13.7. The summed E-state index contributed by atoms with van der Waals surface area (Å²) in [5.41, 5.74) is 0.116. The van der Waals surface area contributed by atoms with Crippen molar-refractivity contribution in [3.63, 3.8) is 0 Å². The van der Waals surface area contributed by atoms with Gasteiger partial charge < -0.3 is 15.2 Å². The van der Waals surface area contributed by atoms with Gasteiger partial charge in [0.25, 0.3) is 0 Å². The molecule has 4 nitrogen and oxygen atoms in total. The highest BCUT2D eigenvalue weighted by Gasteiger charge is 2.14. The molecule has 0 aliphatic rings. The molecule has 6 heteroatoms. The molecule has 0 heterocycles. The zero-order chi connectivity index (χ0) is 16.1. The first-order chi connectivity index (χ1) is 10.5. The standard InChI is InChI=1S/C16H14F2N2O2/c1-22-12-4-2-11(3-5-12)15(21)9-20-16-13(17)6-10(8-19)7-14(16)18/h2-7,15,20-21H,9H2,1H3/t15-/m1/s1. The molecule has 1 atom stereocenters. The minimum Gasteiger partial charge on any atom is -0.497 e. The second-order valence-corrected chi connectivity index (χ2v) is 4.60. The van der Waals surface area contributed by atoms with Crippen LogP contribution in [0.15, 0.2) is 36.4 Å². The molecule has 0 aliphatic heterocycles. The third kappa shape index (κ3) is 3.51. The SMILES string of the molecule is COc1ccc([C@H](O)CNc2c(F)cc(C#N)cc2F)cc1. The van der Waals surface area contributed by atoms with Gasteiger partial charge in [-0.05, 0) is 29.8 Å². The van der Waals surface area contributed by atoms with Gasteiger partial charge in [-0.15, -0.1) is 0 Å². The van der Waals surface area contributed by atoms with Crippen molar-refractivity contribution in [3.8, 4) is 11.8 Å². The molecular weight excluding hydrogens is 290 g/mol. The van der Waals surface area contributed by atoms with Gasteiger partial charge in [-0.3, -0.25) is 0 Å². The average Bonchev–Trinajstić information content (AvgIpc) is 2.53. The third-order valence-electron chi connectivity index (χ3n) is 3.14. The predicted molar refractivity (Wildman–Crippen MR) is 77.5 cm³/mol. The van der Waals surface area contributed by atoms with Crippen LogP contribution in [0.3, 0.4) is 0 Å². The van der Waals surface area contributed by atoms with Crippen molar-refractivity contribution in [2.24, 2.45) is 0 Å². The van der Waals surface area contributed by atoms with Crippen LogP contribution < -0.4 is 10.1 Å². The minimum atomic E-state index is -0.944. The smallest absolute Gasteiger partial charge is 0.150 e. The van der Waals surface area contributed by atoms with Crippen LogP contribution in [-0.2, 0) is 0 Å². The maximum atomic E-state index is 13.7. The molecule has 114 valence electrons. The lowest BCUT2D eigenvalue weighted by Gasteiger charge is -2.14. The number of anilines is 1. The van der Waals surface area contributed by atoms with E-state index in [0.717, 1.165) is 12.1 Å². The fourth-order valence-electron chi connectivity index (χ4n) is 1.95. The number of nitrogens with one attached hydrogen (secondary N) is 1.